The monoisotopic (exact) mass is 287 g/mol. The first-order valence-corrected chi connectivity index (χ1v) is 8.44. The van der Waals surface area contributed by atoms with Crippen molar-refractivity contribution in [2.24, 2.45) is 0 Å². The highest BCUT2D eigenvalue weighted by molar-refractivity contribution is 7.88. The van der Waals surface area contributed by atoms with E-state index in [1.807, 2.05) is 13.0 Å². The fourth-order valence-electron chi connectivity index (χ4n) is 2.45. The second-order valence-corrected chi connectivity index (χ2v) is 7.00. The Labute approximate surface area is 114 Å². The van der Waals surface area contributed by atoms with Crippen LogP contribution in [0.2, 0.25) is 0 Å². The zero-order valence-electron chi connectivity index (χ0n) is 11.4. The Kier molecular flexibility index (Phi) is 4.59. The summed E-state index contributed by atoms with van der Waals surface area (Å²) in [4.78, 5) is 2.28. The molecule has 19 heavy (non-hydrogen) atoms. The molecule has 0 saturated carbocycles. The van der Waals surface area contributed by atoms with Crippen LogP contribution in [0, 0.1) is 6.92 Å². The quantitative estimate of drug-likeness (QED) is 0.870. The molecule has 1 aliphatic heterocycles. The van der Waals surface area contributed by atoms with Crippen LogP contribution in [0.4, 0.5) is 0 Å². The second kappa shape index (κ2) is 6.02. The molecule has 1 aliphatic rings. The summed E-state index contributed by atoms with van der Waals surface area (Å²) in [6.45, 7) is 4.03. The van der Waals surface area contributed by atoms with Crippen molar-refractivity contribution in [3.8, 4) is 0 Å². The number of rotatable bonds is 5. The smallest absolute Gasteiger partial charge is 0.208 e. The molecule has 0 aromatic carbocycles. The van der Waals surface area contributed by atoms with Crippen molar-refractivity contribution in [3.63, 3.8) is 0 Å². The van der Waals surface area contributed by atoms with Crippen molar-refractivity contribution in [2.45, 2.75) is 38.8 Å². The minimum Gasteiger partial charge on any atom is -0.361 e. The fourth-order valence-corrected chi connectivity index (χ4v) is 2.94. The van der Waals surface area contributed by atoms with Crippen LogP contribution in [0.25, 0.3) is 0 Å². The van der Waals surface area contributed by atoms with Crippen molar-refractivity contribution >= 4 is 10.0 Å². The Hall–Kier alpha value is -0.920. The summed E-state index contributed by atoms with van der Waals surface area (Å²) in [5.74, 6) is 0.804. The summed E-state index contributed by atoms with van der Waals surface area (Å²) in [6.07, 6.45) is 4.50. The SMILES string of the molecule is Cc1cc(CN2CCCCC2CNS(C)(=O)=O)no1. The molecule has 1 N–H and O–H groups in total. The second-order valence-electron chi connectivity index (χ2n) is 5.17. The first kappa shape index (κ1) is 14.5. The molecule has 0 aliphatic carbocycles. The van der Waals surface area contributed by atoms with Crippen molar-refractivity contribution in [3.05, 3.63) is 17.5 Å². The summed E-state index contributed by atoms with van der Waals surface area (Å²) >= 11 is 0. The number of aryl methyl sites for hydroxylation is 1. The van der Waals surface area contributed by atoms with Gasteiger partial charge < -0.3 is 4.52 Å². The lowest BCUT2D eigenvalue weighted by Crippen LogP contribution is -2.46. The van der Waals surface area contributed by atoms with E-state index in [2.05, 4.69) is 14.8 Å². The number of hydrogen-bond donors (Lipinski definition) is 1. The lowest BCUT2D eigenvalue weighted by Gasteiger charge is -2.35. The Morgan fingerprint density at radius 2 is 2.32 bits per heavy atom. The summed E-state index contributed by atoms with van der Waals surface area (Å²) in [6, 6.07) is 2.16. The molecule has 1 fully saturated rings. The van der Waals surface area contributed by atoms with Gasteiger partial charge in [-0.05, 0) is 26.3 Å². The van der Waals surface area contributed by atoms with Gasteiger partial charge in [0.15, 0.2) is 0 Å². The van der Waals surface area contributed by atoms with Crippen LogP contribution in [0.1, 0.15) is 30.7 Å². The molecule has 2 rings (SSSR count). The van der Waals surface area contributed by atoms with Gasteiger partial charge in [0.1, 0.15) is 5.76 Å². The highest BCUT2D eigenvalue weighted by atomic mass is 32.2. The van der Waals surface area contributed by atoms with Gasteiger partial charge in [-0.25, -0.2) is 13.1 Å². The maximum atomic E-state index is 11.2. The van der Waals surface area contributed by atoms with Gasteiger partial charge in [-0.3, -0.25) is 4.90 Å². The van der Waals surface area contributed by atoms with Crippen LogP contribution in [0.5, 0.6) is 0 Å². The van der Waals surface area contributed by atoms with Crippen molar-refractivity contribution in [1.82, 2.24) is 14.8 Å². The lowest BCUT2D eigenvalue weighted by molar-refractivity contribution is 0.138. The molecule has 1 atom stereocenters. The average molecular weight is 287 g/mol. The lowest BCUT2D eigenvalue weighted by atomic mass is 10.0. The van der Waals surface area contributed by atoms with Crippen LogP contribution in [-0.2, 0) is 16.6 Å². The van der Waals surface area contributed by atoms with Crippen molar-refractivity contribution < 1.29 is 12.9 Å². The molecule has 108 valence electrons. The van der Waals surface area contributed by atoms with E-state index in [1.54, 1.807) is 0 Å². The maximum absolute atomic E-state index is 11.2. The van der Waals surface area contributed by atoms with Gasteiger partial charge in [-0.2, -0.15) is 0 Å². The topological polar surface area (TPSA) is 75.4 Å². The first-order valence-electron chi connectivity index (χ1n) is 6.55. The molecule has 2 heterocycles. The Balaban J connectivity index is 1.95. The minimum atomic E-state index is -3.13. The van der Waals surface area contributed by atoms with E-state index < -0.39 is 10.0 Å². The van der Waals surface area contributed by atoms with E-state index in [1.165, 1.54) is 6.26 Å². The summed E-state index contributed by atoms with van der Waals surface area (Å²) in [5.41, 5.74) is 0.906. The van der Waals surface area contributed by atoms with Gasteiger partial charge in [0.05, 0.1) is 11.9 Å². The Bertz CT molecular complexity index is 512. The summed E-state index contributed by atoms with van der Waals surface area (Å²) in [7, 11) is -3.13. The van der Waals surface area contributed by atoms with Crippen molar-refractivity contribution in [2.75, 3.05) is 19.3 Å². The molecular formula is C12H21N3O3S. The van der Waals surface area contributed by atoms with E-state index in [0.29, 0.717) is 13.1 Å². The number of piperidine rings is 1. The fraction of sp³-hybridized carbons (Fsp3) is 0.750. The molecule has 1 saturated heterocycles. The van der Waals surface area contributed by atoms with E-state index in [4.69, 9.17) is 4.52 Å². The zero-order valence-corrected chi connectivity index (χ0v) is 12.2. The van der Waals surface area contributed by atoms with E-state index >= 15 is 0 Å². The number of aromatic nitrogens is 1. The third kappa shape index (κ3) is 4.59. The van der Waals surface area contributed by atoms with Crippen LogP contribution >= 0.6 is 0 Å². The molecule has 0 bridgehead atoms. The van der Waals surface area contributed by atoms with Gasteiger partial charge in [0, 0.05) is 25.2 Å². The molecular weight excluding hydrogens is 266 g/mol. The predicted octanol–water partition coefficient (Wildman–Crippen LogP) is 0.887. The van der Waals surface area contributed by atoms with Gasteiger partial charge in [0.25, 0.3) is 0 Å². The minimum absolute atomic E-state index is 0.237. The number of nitrogens with zero attached hydrogens (tertiary/aromatic N) is 2. The Morgan fingerprint density at radius 3 is 2.95 bits per heavy atom. The highest BCUT2D eigenvalue weighted by Gasteiger charge is 2.24. The molecule has 1 aromatic rings. The van der Waals surface area contributed by atoms with E-state index in [0.717, 1.165) is 37.3 Å². The van der Waals surface area contributed by atoms with Crippen LogP contribution in [0.15, 0.2) is 10.6 Å². The predicted molar refractivity (Wildman–Crippen MR) is 72.1 cm³/mol. The molecule has 1 unspecified atom stereocenters. The van der Waals surface area contributed by atoms with Crippen molar-refractivity contribution in [1.29, 1.82) is 0 Å². The average Bonchev–Trinajstić information content (AvgIpc) is 2.73. The molecule has 1 aromatic heterocycles. The van der Waals surface area contributed by atoms with E-state index in [9.17, 15) is 8.42 Å². The number of sulfonamides is 1. The zero-order chi connectivity index (χ0) is 13.9. The van der Waals surface area contributed by atoms with Gasteiger partial charge >= 0.3 is 0 Å². The summed E-state index contributed by atoms with van der Waals surface area (Å²) < 4.78 is 30.0. The third-order valence-corrected chi connectivity index (χ3v) is 4.06. The summed E-state index contributed by atoms with van der Waals surface area (Å²) in [5, 5.41) is 4.00. The van der Waals surface area contributed by atoms with Gasteiger partial charge in [-0.15, -0.1) is 0 Å². The first-order chi connectivity index (χ1) is 8.94. The standard InChI is InChI=1S/C12H21N3O3S/c1-10-7-11(14-18-10)9-15-6-4-3-5-12(15)8-13-19(2,16)17/h7,12-13H,3-6,8-9H2,1-2H3. The Morgan fingerprint density at radius 1 is 1.53 bits per heavy atom. The van der Waals surface area contributed by atoms with Crippen LogP contribution in [0.3, 0.4) is 0 Å². The van der Waals surface area contributed by atoms with Gasteiger partial charge in [0.2, 0.25) is 10.0 Å². The highest BCUT2D eigenvalue weighted by Crippen LogP contribution is 2.19. The normalized spacial score (nSPS) is 21.7. The number of hydrogen-bond acceptors (Lipinski definition) is 5. The molecule has 0 amide bonds. The molecule has 6 nitrogen and oxygen atoms in total. The molecule has 7 heteroatoms. The van der Waals surface area contributed by atoms with Crippen LogP contribution < -0.4 is 4.72 Å². The molecule has 0 spiro atoms. The number of likely N-dealkylation sites (tertiary alicyclic amines) is 1. The van der Waals surface area contributed by atoms with Crippen LogP contribution in [-0.4, -0.2) is 43.9 Å². The largest absolute Gasteiger partial charge is 0.361 e. The van der Waals surface area contributed by atoms with E-state index in [-0.39, 0.29) is 6.04 Å². The third-order valence-electron chi connectivity index (χ3n) is 3.37. The van der Waals surface area contributed by atoms with Gasteiger partial charge in [-0.1, -0.05) is 11.6 Å². The molecule has 0 radical (unpaired) electrons. The number of nitrogens with one attached hydrogen (secondary N) is 1. The maximum Gasteiger partial charge on any atom is 0.208 e.